The minimum absolute atomic E-state index is 0.367. The topological polar surface area (TPSA) is 78.8 Å². The number of nitrogens with two attached hydrogens (primary N) is 1. The summed E-state index contributed by atoms with van der Waals surface area (Å²) in [4.78, 5) is 12.5. The quantitative estimate of drug-likeness (QED) is 0.895. The van der Waals surface area contributed by atoms with Crippen LogP contribution in [0.4, 0.5) is 5.82 Å². The van der Waals surface area contributed by atoms with Crippen LogP contribution >= 0.6 is 11.8 Å². The Bertz CT molecular complexity index is 806. The van der Waals surface area contributed by atoms with Crippen LogP contribution in [0.25, 0.3) is 0 Å². The van der Waals surface area contributed by atoms with Gasteiger partial charge < -0.3 is 10.6 Å². The normalized spacial score (nSPS) is 21.7. The Morgan fingerprint density at radius 2 is 2.04 bits per heavy atom. The molecule has 5 nitrogen and oxygen atoms in total. The zero-order valence-electron chi connectivity index (χ0n) is 14.8. The SMILES string of the molecule is N#Cc1cccc(Sc2cnc(N3CCC4(CCC[C@H]4N)CC3)cn2)c1. The van der Waals surface area contributed by atoms with Crippen LogP contribution in [0.5, 0.6) is 0 Å². The molecule has 0 amide bonds. The summed E-state index contributed by atoms with van der Waals surface area (Å²) in [7, 11) is 0. The zero-order valence-corrected chi connectivity index (χ0v) is 15.6. The van der Waals surface area contributed by atoms with E-state index in [-0.39, 0.29) is 0 Å². The molecule has 1 spiro atoms. The molecule has 26 heavy (non-hydrogen) atoms. The van der Waals surface area contributed by atoms with Crippen LogP contribution in [0, 0.1) is 16.7 Å². The lowest BCUT2D eigenvalue weighted by molar-refractivity contribution is 0.197. The minimum atomic E-state index is 0.367. The van der Waals surface area contributed by atoms with Gasteiger partial charge in [-0.25, -0.2) is 9.97 Å². The first-order valence-electron chi connectivity index (χ1n) is 9.19. The molecule has 0 unspecified atom stereocenters. The van der Waals surface area contributed by atoms with E-state index >= 15 is 0 Å². The second-order valence-electron chi connectivity index (χ2n) is 7.30. The van der Waals surface area contributed by atoms with E-state index in [0.717, 1.165) is 41.7 Å². The van der Waals surface area contributed by atoms with Crippen LogP contribution < -0.4 is 10.6 Å². The molecule has 1 atom stereocenters. The maximum absolute atomic E-state index is 9.00. The molecule has 1 aromatic carbocycles. The van der Waals surface area contributed by atoms with Gasteiger partial charge in [-0.1, -0.05) is 24.2 Å². The summed E-state index contributed by atoms with van der Waals surface area (Å²) >= 11 is 1.53. The van der Waals surface area contributed by atoms with Crippen LogP contribution in [-0.2, 0) is 0 Å². The molecule has 4 rings (SSSR count). The van der Waals surface area contributed by atoms with Crippen LogP contribution in [0.15, 0.2) is 46.6 Å². The van der Waals surface area contributed by atoms with Gasteiger partial charge >= 0.3 is 0 Å². The Morgan fingerprint density at radius 3 is 2.69 bits per heavy atom. The van der Waals surface area contributed by atoms with Crippen LogP contribution in [-0.4, -0.2) is 29.1 Å². The van der Waals surface area contributed by atoms with Crippen molar-refractivity contribution in [1.29, 1.82) is 5.26 Å². The molecule has 2 aliphatic rings. The van der Waals surface area contributed by atoms with Crippen LogP contribution in [0.1, 0.15) is 37.7 Å². The van der Waals surface area contributed by atoms with Gasteiger partial charge in [0.25, 0.3) is 0 Å². The number of nitriles is 1. The number of benzene rings is 1. The van der Waals surface area contributed by atoms with Crippen molar-refractivity contribution in [1.82, 2.24) is 9.97 Å². The first-order valence-corrected chi connectivity index (χ1v) is 10.0. The highest BCUT2D eigenvalue weighted by Gasteiger charge is 2.42. The van der Waals surface area contributed by atoms with Crippen molar-refractivity contribution < 1.29 is 0 Å². The number of anilines is 1. The Morgan fingerprint density at radius 1 is 1.19 bits per heavy atom. The van der Waals surface area contributed by atoms with Gasteiger partial charge in [0.05, 0.1) is 24.0 Å². The number of piperidine rings is 1. The molecular formula is C20H23N5S. The second kappa shape index (κ2) is 7.26. The van der Waals surface area contributed by atoms with Crippen molar-refractivity contribution in [3.05, 3.63) is 42.2 Å². The third-order valence-electron chi connectivity index (χ3n) is 5.86. The lowest BCUT2D eigenvalue weighted by Crippen LogP contribution is -2.47. The first-order chi connectivity index (χ1) is 12.7. The van der Waals surface area contributed by atoms with E-state index in [1.165, 1.54) is 31.0 Å². The Balaban J connectivity index is 1.40. The van der Waals surface area contributed by atoms with Gasteiger partial charge in [-0.05, 0) is 49.3 Å². The van der Waals surface area contributed by atoms with Crippen molar-refractivity contribution >= 4 is 17.6 Å². The fourth-order valence-electron chi connectivity index (χ4n) is 4.24. The Labute approximate surface area is 158 Å². The van der Waals surface area contributed by atoms with Crippen molar-refractivity contribution in [3.8, 4) is 6.07 Å². The molecule has 1 saturated heterocycles. The summed E-state index contributed by atoms with van der Waals surface area (Å²) < 4.78 is 0. The van der Waals surface area contributed by atoms with Gasteiger partial charge in [0.1, 0.15) is 10.8 Å². The number of nitrogens with zero attached hydrogens (tertiary/aromatic N) is 4. The monoisotopic (exact) mass is 365 g/mol. The predicted molar refractivity (Wildman–Crippen MR) is 103 cm³/mol. The van der Waals surface area contributed by atoms with Gasteiger partial charge in [-0.15, -0.1) is 0 Å². The highest BCUT2D eigenvalue weighted by atomic mass is 32.2. The highest BCUT2D eigenvalue weighted by Crippen LogP contribution is 2.45. The fourth-order valence-corrected chi connectivity index (χ4v) is 5.03. The fraction of sp³-hybridized carbons (Fsp3) is 0.450. The van der Waals surface area contributed by atoms with Crippen molar-refractivity contribution in [2.75, 3.05) is 18.0 Å². The maximum atomic E-state index is 9.00. The van der Waals surface area contributed by atoms with E-state index in [1.54, 1.807) is 6.07 Å². The molecule has 1 saturated carbocycles. The molecule has 2 N–H and O–H groups in total. The van der Waals surface area contributed by atoms with Gasteiger partial charge in [0, 0.05) is 24.0 Å². The average molecular weight is 366 g/mol. The molecule has 2 heterocycles. The summed E-state index contributed by atoms with van der Waals surface area (Å²) in [6.07, 6.45) is 9.75. The number of rotatable bonds is 3. The third-order valence-corrected chi connectivity index (χ3v) is 6.77. The minimum Gasteiger partial charge on any atom is -0.355 e. The Kier molecular flexibility index (Phi) is 4.84. The summed E-state index contributed by atoms with van der Waals surface area (Å²) in [5.41, 5.74) is 7.40. The van der Waals surface area contributed by atoms with E-state index in [2.05, 4.69) is 20.9 Å². The van der Waals surface area contributed by atoms with E-state index in [0.29, 0.717) is 17.0 Å². The molecule has 6 heteroatoms. The first kappa shape index (κ1) is 17.3. The van der Waals surface area contributed by atoms with Crippen molar-refractivity contribution in [2.24, 2.45) is 11.1 Å². The molecular weight excluding hydrogens is 342 g/mol. The average Bonchev–Trinajstić information content (AvgIpc) is 3.03. The summed E-state index contributed by atoms with van der Waals surface area (Å²) in [6, 6.07) is 10.1. The van der Waals surface area contributed by atoms with Gasteiger partial charge in [0.15, 0.2) is 0 Å². The van der Waals surface area contributed by atoms with Gasteiger partial charge in [0.2, 0.25) is 0 Å². The predicted octanol–water partition coefficient (Wildman–Crippen LogP) is 3.60. The standard InChI is InChI=1S/C20H23N5S/c21-12-15-3-1-4-16(11-15)26-19-14-23-18(13-24-19)25-9-7-20(8-10-25)6-2-5-17(20)22/h1,3-4,11,13-14,17H,2,5-10,22H2/t17-/m1/s1. The zero-order chi connectivity index (χ0) is 18.0. The number of hydrogen-bond acceptors (Lipinski definition) is 6. The lowest BCUT2D eigenvalue weighted by atomic mass is 9.74. The van der Waals surface area contributed by atoms with Crippen LogP contribution in [0.3, 0.4) is 0 Å². The molecule has 1 aromatic heterocycles. The largest absolute Gasteiger partial charge is 0.355 e. The lowest BCUT2D eigenvalue weighted by Gasteiger charge is -2.42. The molecule has 1 aliphatic heterocycles. The molecule has 2 fully saturated rings. The van der Waals surface area contributed by atoms with Crippen molar-refractivity contribution in [3.63, 3.8) is 0 Å². The molecule has 134 valence electrons. The molecule has 0 radical (unpaired) electrons. The highest BCUT2D eigenvalue weighted by molar-refractivity contribution is 7.99. The van der Waals surface area contributed by atoms with Gasteiger partial charge in [-0.2, -0.15) is 5.26 Å². The number of hydrogen-bond donors (Lipinski definition) is 1. The maximum Gasteiger partial charge on any atom is 0.147 e. The summed E-state index contributed by atoms with van der Waals surface area (Å²) in [6.45, 7) is 2.03. The third kappa shape index (κ3) is 3.42. The molecule has 0 bridgehead atoms. The smallest absolute Gasteiger partial charge is 0.147 e. The molecule has 2 aromatic rings. The van der Waals surface area contributed by atoms with E-state index in [9.17, 15) is 0 Å². The summed E-state index contributed by atoms with van der Waals surface area (Å²) in [5, 5.41) is 9.84. The van der Waals surface area contributed by atoms with E-state index < -0.39 is 0 Å². The number of aromatic nitrogens is 2. The summed E-state index contributed by atoms with van der Waals surface area (Å²) in [5.74, 6) is 0.946. The van der Waals surface area contributed by atoms with Gasteiger partial charge in [-0.3, -0.25) is 0 Å². The Hall–Kier alpha value is -2.10. The van der Waals surface area contributed by atoms with E-state index in [1.807, 2.05) is 30.6 Å². The second-order valence-corrected chi connectivity index (χ2v) is 8.40. The van der Waals surface area contributed by atoms with Crippen molar-refractivity contribution in [2.45, 2.75) is 48.1 Å². The van der Waals surface area contributed by atoms with Crippen LogP contribution in [0.2, 0.25) is 0 Å². The molecule has 1 aliphatic carbocycles. The van der Waals surface area contributed by atoms with E-state index in [4.69, 9.17) is 11.0 Å².